The van der Waals surface area contributed by atoms with E-state index in [1.165, 1.54) is 6.42 Å². The predicted octanol–water partition coefficient (Wildman–Crippen LogP) is -0.780. The second-order valence-electron chi connectivity index (χ2n) is 5.59. The van der Waals surface area contributed by atoms with Gasteiger partial charge in [0, 0.05) is 12.1 Å². The maximum absolute atomic E-state index is 11.6. The molecule has 0 spiro atoms. The van der Waals surface area contributed by atoms with Gasteiger partial charge in [-0.25, -0.2) is 14.4 Å². The van der Waals surface area contributed by atoms with E-state index in [9.17, 15) is 14.4 Å². The lowest BCUT2D eigenvalue weighted by atomic mass is 10.0. The summed E-state index contributed by atoms with van der Waals surface area (Å²) in [7, 11) is 2.11. The third-order valence-corrected chi connectivity index (χ3v) is 4.13. The number of nitrogens with zero attached hydrogens (tertiary/aromatic N) is 1. The molecule has 0 aromatic carbocycles. The fourth-order valence-corrected chi connectivity index (χ4v) is 2.77. The van der Waals surface area contributed by atoms with E-state index in [0.717, 1.165) is 18.4 Å². The molecule has 1 saturated heterocycles. The van der Waals surface area contributed by atoms with Crippen molar-refractivity contribution in [3.05, 3.63) is 11.6 Å². The fraction of sp³-hybridized carbons (Fsp3) is 0.667. The van der Waals surface area contributed by atoms with Crippen LogP contribution in [-0.2, 0) is 19.1 Å². The van der Waals surface area contributed by atoms with Gasteiger partial charge in [0.05, 0.1) is 12.2 Å². The standard InChI is InChI=1S/C11H17NO2.C4H6O6/c1-3-14-11(13)9-6-4-8-5-7-10(9)12(8)2;5-1(3(7)8)2(6)4(9)10/h6,8,10H,3-5,7H2,1-2H3;1-2,5-6H,(H,7,8)(H,9,10)/t8-,10?;1-,2-/m01/s1. The van der Waals surface area contributed by atoms with Gasteiger partial charge in [0.25, 0.3) is 0 Å². The molecule has 1 unspecified atom stereocenters. The highest BCUT2D eigenvalue weighted by Crippen LogP contribution is 2.34. The van der Waals surface area contributed by atoms with Crippen molar-refractivity contribution in [3.63, 3.8) is 0 Å². The van der Waals surface area contributed by atoms with E-state index >= 15 is 0 Å². The summed E-state index contributed by atoms with van der Waals surface area (Å²) < 4.78 is 5.05. The number of carboxylic acids is 2. The summed E-state index contributed by atoms with van der Waals surface area (Å²) in [6.45, 7) is 2.32. The zero-order valence-electron chi connectivity index (χ0n) is 13.6. The minimum absolute atomic E-state index is 0.121. The molecule has 0 radical (unpaired) electrons. The molecule has 2 bridgehead atoms. The summed E-state index contributed by atoms with van der Waals surface area (Å²) in [6.07, 6.45) is 0.850. The number of aliphatic hydroxyl groups is 2. The summed E-state index contributed by atoms with van der Waals surface area (Å²) in [5, 5.41) is 32.5. The van der Waals surface area contributed by atoms with Crippen LogP contribution >= 0.6 is 0 Å². The molecule has 0 aromatic rings. The number of aliphatic hydroxyl groups excluding tert-OH is 2. The van der Waals surface area contributed by atoms with Crippen LogP contribution in [0.5, 0.6) is 0 Å². The first kappa shape index (κ1) is 20.1. The Labute approximate surface area is 139 Å². The quantitative estimate of drug-likeness (QED) is 0.471. The average molecular weight is 345 g/mol. The highest BCUT2D eigenvalue weighted by molar-refractivity contribution is 5.90. The molecule has 2 aliphatic rings. The van der Waals surface area contributed by atoms with Crippen LogP contribution in [0.15, 0.2) is 11.6 Å². The molecule has 0 saturated carbocycles. The molecule has 0 amide bonds. The molecule has 2 heterocycles. The number of carboxylic acid groups (broad SMARTS) is 2. The van der Waals surface area contributed by atoms with Crippen LogP contribution in [0.2, 0.25) is 0 Å². The largest absolute Gasteiger partial charge is 0.479 e. The van der Waals surface area contributed by atoms with Crippen LogP contribution < -0.4 is 0 Å². The van der Waals surface area contributed by atoms with Crippen molar-refractivity contribution < 1.29 is 39.5 Å². The van der Waals surface area contributed by atoms with Crippen LogP contribution in [0, 0.1) is 0 Å². The van der Waals surface area contributed by atoms with Gasteiger partial charge < -0.3 is 25.2 Å². The van der Waals surface area contributed by atoms with Crippen LogP contribution in [0.3, 0.4) is 0 Å². The molecule has 9 heteroatoms. The van der Waals surface area contributed by atoms with Crippen molar-refractivity contribution in [1.29, 1.82) is 0 Å². The highest BCUT2D eigenvalue weighted by Gasteiger charge is 2.38. The van der Waals surface area contributed by atoms with E-state index in [1.54, 1.807) is 0 Å². The highest BCUT2D eigenvalue weighted by atomic mass is 16.5. The van der Waals surface area contributed by atoms with Gasteiger partial charge >= 0.3 is 17.9 Å². The summed E-state index contributed by atoms with van der Waals surface area (Å²) in [6, 6.07) is 0.964. The normalized spacial score (nSPS) is 24.9. The van der Waals surface area contributed by atoms with Gasteiger partial charge in [-0.15, -0.1) is 0 Å². The maximum Gasteiger partial charge on any atom is 0.335 e. The van der Waals surface area contributed by atoms with Crippen molar-refractivity contribution in [2.75, 3.05) is 13.7 Å². The predicted molar refractivity (Wildman–Crippen MR) is 81.2 cm³/mol. The van der Waals surface area contributed by atoms with Crippen LogP contribution in [0.4, 0.5) is 0 Å². The molecule has 0 aromatic heterocycles. The van der Waals surface area contributed by atoms with Crippen molar-refractivity contribution in [3.8, 4) is 0 Å². The van der Waals surface area contributed by atoms with E-state index in [1.807, 2.05) is 6.92 Å². The van der Waals surface area contributed by atoms with Crippen LogP contribution in [-0.4, -0.2) is 81.2 Å². The molecule has 4 N–H and O–H groups in total. The number of esters is 1. The number of carbonyl (C=O) groups is 3. The van der Waals surface area contributed by atoms with Crippen molar-refractivity contribution in [2.24, 2.45) is 0 Å². The SMILES string of the molecule is CCOC(=O)C1=CC[C@H]2CCC1N2C.O=C(O)[C@H](O)[C@@H](O)C(=O)O. The molecule has 0 aliphatic carbocycles. The second kappa shape index (κ2) is 8.76. The number of carbonyl (C=O) groups excluding carboxylic acids is 1. The summed E-state index contributed by atoms with van der Waals surface area (Å²) in [5.74, 6) is -3.66. The maximum atomic E-state index is 11.6. The van der Waals surface area contributed by atoms with Gasteiger partial charge in [0.1, 0.15) is 0 Å². The summed E-state index contributed by atoms with van der Waals surface area (Å²) >= 11 is 0. The number of likely N-dealkylation sites (N-methyl/N-ethyl adjacent to an activating group) is 1. The second-order valence-corrected chi connectivity index (χ2v) is 5.59. The lowest BCUT2D eigenvalue weighted by molar-refractivity contribution is -0.165. The van der Waals surface area contributed by atoms with Gasteiger partial charge in [0.2, 0.25) is 0 Å². The number of rotatable bonds is 5. The zero-order chi connectivity index (χ0) is 18.4. The first-order valence-electron chi connectivity index (χ1n) is 7.61. The van der Waals surface area contributed by atoms with Crippen molar-refractivity contribution >= 4 is 17.9 Å². The number of fused-ring (bicyclic) bond motifs is 2. The molecule has 9 nitrogen and oxygen atoms in total. The Morgan fingerprint density at radius 1 is 1.21 bits per heavy atom. The number of aliphatic carboxylic acids is 2. The van der Waals surface area contributed by atoms with Gasteiger partial charge in [-0.3, -0.25) is 4.90 Å². The van der Waals surface area contributed by atoms with Gasteiger partial charge in [-0.2, -0.15) is 0 Å². The van der Waals surface area contributed by atoms with Gasteiger partial charge in [-0.05, 0) is 33.2 Å². The Bertz CT molecular complexity index is 500. The molecule has 2 rings (SSSR count). The Morgan fingerprint density at radius 2 is 1.75 bits per heavy atom. The lowest BCUT2D eigenvalue weighted by Gasteiger charge is -2.30. The number of hydrogen-bond acceptors (Lipinski definition) is 7. The zero-order valence-corrected chi connectivity index (χ0v) is 13.6. The molecule has 4 atom stereocenters. The molecular weight excluding hydrogens is 322 g/mol. The van der Waals surface area contributed by atoms with Gasteiger partial charge in [-0.1, -0.05) is 6.08 Å². The fourth-order valence-electron chi connectivity index (χ4n) is 2.77. The van der Waals surface area contributed by atoms with E-state index in [2.05, 4.69) is 18.0 Å². The number of hydrogen-bond donors (Lipinski definition) is 4. The van der Waals surface area contributed by atoms with Crippen molar-refractivity contribution in [1.82, 2.24) is 4.90 Å². The molecule has 1 fully saturated rings. The smallest absolute Gasteiger partial charge is 0.335 e. The van der Waals surface area contributed by atoms with E-state index in [-0.39, 0.29) is 5.97 Å². The average Bonchev–Trinajstić information content (AvgIpc) is 2.76. The Balaban J connectivity index is 0.000000257. The minimum atomic E-state index is -2.27. The van der Waals surface area contributed by atoms with Crippen LogP contribution in [0.25, 0.3) is 0 Å². The Hall–Kier alpha value is -1.97. The molecule has 136 valence electrons. The van der Waals surface area contributed by atoms with Crippen molar-refractivity contribution in [2.45, 2.75) is 50.5 Å². The third-order valence-electron chi connectivity index (χ3n) is 4.13. The molecule has 2 aliphatic heterocycles. The monoisotopic (exact) mass is 345 g/mol. The summed E-state index contributed by atoms with van der Waals surface area (Å²) in [5.41, 5.74) is 0.878. The first-order valence-corrected chi connectivity index (χ1v) is 7.61. The minimum Gasteiger partial charge on any atom is -0.479 e. The lowest BCUT2D eigenvalue weighted by Crippen LogP contribution is -2.39. The van der Waals surface area contributed by atoms with Crippen LogP contribution in [0.1, 0.15) is 26.2 Å². The Kier molecular flexibility index (Phi) is 7.33. The molecular formula is C15H23NO8. The topological polar surface area (TPSA) is 145 Å². The number of ether oxygens (including phenoxy) is 1. The van der Waals surface area contributed by atoms with E-state index < -0.39 is 24.1 Å². The van der Waals surface area contributed by atoms with Gasteiger partial charge in [0.15, 0.2) is 12.2 Å². The third kappa shape index (κ3) is 4.76. The Morgan fingerprint density at radius 3 is 2.21 bits per heavy atom. The molecule has 24 heavy (non-hydrogen) atoms. The summed E-state index contributed by atoms with van der Waals surface area (Å²) in [4.78, 5) is 33.5. The van der Waals surface area contributed by atoms with E-state index in [0.29, 0.717) is 18.7 Å². The first-order chi connectivity index (χ1) is 11.2. The van der Waals surface area contributed by atoms with E-state index in [4.69, 9.17) is 25.2 Å².